The second-order valence-electron chi connectivity index (χ2n) is 6.45. The van der Waals surface area contributed by atoms with Crippen LogP contribution in [0.3, 0.4) is 0 Å². The van der Waals surface area contributed by atoms with E-state index in [0.29, 0.717) is 12.3 Å². The number of carbonyl (C=O) groups is 2. The highest BCUT2D eigenvalue weighted by Crippen LogP contribution is 2.16. The van der Waals surface area contributed by atoms with Crippen LogP contribution in [0.1, 0.15) is 19.8 Å². The minimum Gasteiger partial charge on any atom is -0.354 e. The molecular weight excluding hydrogens is 402 g/mol. The van der Waals surface area contributed by atoms with Crippen LogP contribution in [-0.4, -0.2) is 54.4 Å². The van der Waals surface area contributed by atoms with Gasteiger partial charge in [-0.05, 0) is 43.5 Å². The molecule has 1 heterocycles. The maximum Gasteiger partial charge on any atom is 0.234 e. The topological polar surface area (TPSA) is 61.4 Å². The van der Waals surface area contributed by atoms with E-state index < -0.39 is 0 Å². The quantitative estimate of drug-likeness (QED) is 0.669. The lowest BCUT2D eigenvalue weighted by molar-refractivity contribution is -0.118. The van der Waals surface area contributed by atoms with Gasteiger partial charge in [-0.25, -0.2) is 0 Å². The number of likely N-dealkylation sites (tertiary alicyclic amines) is 1. The van der Waals surface area contributed by atoms with Gasteiger partial charge in [-0.1, -0.05) is 28.9 Å². The van der Waals surface area contributed by atoms with E-state index in [-0.39, 0.29) is 17.6 Å². The van der Waals surface area contributed by atoms with Gasteiger partial charge in [0.1, 0.15) is 0 Å². The van der Waals surface area contributed by atoms with Gasteiger partial charge in [0.2, 0.25) is 11.8 Å². The largest absolute Gasteiger partial charge is 0.354 e. The van der Waals surface area contributed by atoms with Crippen molar-refractivity contribution >= 4 is 45.2 Å². The van der Waals surface area contributed by atoms with Gasteiger partial charge in [-0.3, -0.25) is 9.59 Å². The van der Waals surface area contributed by atoms with Gasteiger partial charge < -0.3 is 15.5 Å². The summed E-state index contributed by atoms with van der Waals surface area (Å²) in [4.78, 5) is 26.1. The first-order valence-corrected chi connectivity index (χ1v) is 10.6. The highest BCUT2D eigenvalue weighted by molar-refractivity contribution is 9.10. The van der Waals surface area contributed by atoms with Crippen molar-refractivity contribution in [3.8, 4) is 0 Å². The van der Waals surface area contributed by atoms with Gasteiger partial charge in [0, 0.05) is 29.8 Å². The molecule has 5 nitrogen and oxygen atoms in total. The first-order chi connectivity index (χ1) is 12.0. The molecule has 2 amide bonds. The summed E-state index contributed by atoms with van der Waals surface area (Å²) in [6, 6.07) is 7.45. The summed E-state index contributed by atoms with van der Waals surface area (Å²) in [6.07, 6.45) is 2.56. The second kappa shape index (κ2) is 10.8. The molecule has 2 N–H and O–H groups in total. The fourth-order valence-electron chi connectivity index (χ4n) is 2.89. The molecule has 0 bridgehead atoms. The molecule has 1 atom stereocenters. The second-order valence-corrected chi connectivity index (χ2v) is 8.35. The van der Waals surface area contributed by atoms with E-state index in [1.807, 2.05) is 24.3 Å². The normalized spacial score (nSPS) is 17.9. The number of piperidine rings is 1. The van der Waals surface area contributed by atoms with Crippen LogP contribution in [0.15, 0.2) is 28.7 Å². The molecule has 1 aliphatic rings. The molecule has 1 aromatic rings. The molecular formula is C18H26BrN3O2S. The Kier molecular flexibility index (Phi) is 8.78. The summed E-state index contributed by atoms with van der Waals surface area (Å²) in [5.41, 5.74) is 0.750. The van der Waals surface area contributed by atoms with Crippen LogP contribution in [0.25, 0.3) is 0 Å². The summed E-state index contributed by atoms with van der Waals surface area (Å²) < 4.78 is 0.917. The Morgan fingerprint density at radius 3 is 2.88 bits per heavy atom. The summed E-state index contributed by atoms with van der Waals surface area (Å²) in [6.45, 7) is 6.12. The van der Waals surface area contributed by atoms with Crippen molar-refractivity contribution in [2.75, 3.05) is 43.0 Å². The van der Waals surface area contributed by atoms with E-state index in [1.54, 1.807) is 0 Å². The van der Waals surface area contributed by atoms with Crippen molar-refractivity contribution in [1.82, 2.24) is 10.2 Å². The highest BCUT2D eigenvalue weighted by atomic mass is 79.9. The third kappa shape index (κ3) is 8.25. The molecule has 25 heavy (non-hydrogen) atoms. The molecule has 0 spiro atoms. The first-order valence-electron chi connectivity index (χ1n) is 8.65. The Bertz CT molecular complexity index is 585. The number of nitrogens with one attached hydrogen (secondary N) is 2. The maximum absolute atomic E-state index is 11.9. The van der Waals surface area contributed by atoms with Crippen LogP contribution in [0.4, 0.5) is 5.69 Å². The van der Waals surface area contributed by atoms with Crippen LogP contribution < -0.4 is 10.6 Å². The fourth-order valence-corrected chi connectivity index (χ4v) is 3.94. The smallest absolute Gasteiger partial charge is 0.234 e. The van der Waals surface area contributed by atoms with E-state index >= 15 is 0 Å². The molecule has 0 aromatic heterocycles. The standard InChI is InChI=1S/C18H26BrN3O2S/c1-14-4-3-8-22(11-14)9-7-20-17(23)12-25-13-18(24)21-16-6-2-5-15(19)10-16/h2,5-6,10,14H,3-4,7-9,11-13H2,1H3,(H,20,23)(H,21,24). The minimum atomic E-state index is -0.0989. The van der Waals surface area contributed by atoms with Gasteiger partial charge in [0.25, 0.3) is 0 Å². The van der Waals surface area contributed by atoms with Crippen LogP contribution in [0.5, 0.6) is 0 Å². The SMILES string of the molecule is CC1CCCN(CCNC(=O)CSCC(=O)Nc2cccc(Br)c2)C1. The van der Waals surface area contributed by atoms with Gasteiger partial charge in [0.05, 0.1) is 11.5 Å². The number of carbonyl (C=O) groups excluding carboxylic acids is 2. The number of amides is 2. The zero-order chi connectivity index (χ0) is 18.1. The summed E-state index contributed by atoms with van der Waals surface area (Å²) >= 11 is 4.70. The zero-order valence-corrected chi connectivity index (χ0v) is 17.0. The molecule has 1 saturated heterocycles. The van der Waals surface area contributed by atoms with Crippen LogP contribution in [-0.2, 0) is 9.59 Å². The van der Waals surface area contributed by atoms with Gasteiger partial charge in [-0.2, -0.15) is 0 Å². The first kappa shape index (κ1) is 20.3. The molecule has 2 rings (SSSR count). The van der Waals surface area contributed by atoms with Crippen molar-refractivity contribution < 1.29 is 9.59 Å². The molecule has 7 heteroatoms. The number of nitrogens with zero attached hydrogens (tertiary/aromatic N) is 1. The molecule has 0 aliphatic carbocycles. The lowest BCUT2D eigenvalue weighted by Crippen LogP contribution is -2.40. The monoisotopic (exact) mass is 427 g/mol. The molecule has 0 saturated carbocycles. The Morgan fingerprint density at radius 2 is 2.12 bits per heavy atom. The van der Waals surface area contributed by atoms with Crippen molar-refractivity contribution in [3.05, 3.63) is 28.7 Å². The van der Waals surface area contributed by atoms with Gasteiger partial charge in [0.15, 0.2) is 0 Å². The van der Waals surface area contributed by atoms with Gasteiger partial charge >= 0.3 is 0 Å². The lowest BCUT2D eigenvalue weighted by atomic mass is 10.0. The van der Waals surface area contributed by atoms with E-state index in [0.717, 1.165) is 35.7 Å². The predicted octanol–water partition coefficient (Wildman–Crippen LogP) is 2.97. The number of hydrogen-bond donors (Lipinski definition) is 2. The predicted molar refractivity (Wildman–Crippen MR) is 108 cm³/mol. The number of thioether (sulfide) groups is 1. The molecule has 1 aromatic carbocycles. The Balaban J connectivity index is 1.55. The number of benzene rings is 1. The van der Waals surface area contributed by atoms with E-state index in [1.165, 1.54) is 24.6 Å². The number of rotatable bonds is 8. The number of halogens is 1. The molecule has 1 aliphatic heterocycles. The van der Waals surface area contributed by atoms with Crippen molar-refractivity contribution in [2.45, 2.75) is 19.8 Å². The molecule has 0 radical (unpaired) electrons. The maximum atomic E-state index is 11.9. The fraction of sp³-hybridized carbons (Fsp3) is 0.556. The van der Waals surface area contributed by atoms with Crippen molar-refractivity contribution in [2.24, 2.45) is 5.92 Å². The summed E-state index contributed by atoms with van der Waals surface area (Å²) in [5, 5.41) is 5.75. The zero-order valence-electron chi connectivity index (χ0n) is 14.6. The van der Waals surface area contributed by atoms with Crippen molar-refractivity contribution in [1.29, 1.82) is 0 Å². The number of anilines is 1. The van der Waals surface area contributed by atoms with Crippen LogP contribution in [0, 0.1) is 5.92 Å². The lowest BCUT2D eigenvalue weighted by Gasteiger charge is -2.30. The van der Waals surface area contributed by atoms with E-state index in [4.69, 9.17) is 0 Å². The average Bonchev–Trinajstić information content (AvgIpc) is 2.55. The summed E-state index contributed by atoms with van der Waals surface area (Å²) in [5.74, 6) is 1.22. The Labute approximate surface area is 162 Å². The highest BCUT2D eigenvalue weighted by Gasteiger charge is 2.15. The van der Waals surface area contributed by atoms with E-state index in [2.05, 4.69) is 38.4 Å². The average molecular weight is 428 g/mol. The van der Waals surface area contributed by atoms with E-state index in [9.17, 15) is 9.59 Å². The Hall–Kier alpha value is -1.05. The minimum absolute atomic E-state index is 0.00897. The summed E-state index contributed by atoms with van der Waals surface area (Å²) in [7, 11) is 0. The van der Waals surface area contributed by atoms with Gasteiger partial charge in [-0.15, -0.1) is 11.8 Å². The Morgan fingerprint density at radius 1 is 1.32 bits per heavy atom. The van der Waals surface area contributed by atoms with Crippen molar-refractivity contribution in [3.63, 3.8) is 0 Å². The third-order valence-electron chi connectivity index (χ3n) is 4.07. The molecule has 1 unspecified atom stereocenters. The van der Waals surface area contributed by atoms with Crippen LogP contribution in [0.2, 0.25) is 0 Å². The number of hydrogen-bond acceptors (Lipinski definition) is 4. The third-order valence-corrected chi connectivity index (χ3v) is 5.49. The molecule has 1 fully saturated rings. The van der Waals surface area contributed by atoms with Crippen LogP contribution >= 0.6 is 27.7 Å². The molecule has 138 valence electrons.